The van der Waals surface area contributed by atoms with Crippen LogP contribution in [0.5, 0.6) is 0 Å². The van der Waals surface area contributed by atoms with Crippen molar-refractivity contribution < 1.29 is 14.3 Å². The second-order valence-corrected chi connectivity index (χ2v) is 4.37. The SMILES string of the molecule is COC(=O)C1=C[C@@H]2CN(C)CC[C@@H]2NC1=O. The van der Waals surface area contributed by atoms with Crippen LogP contribution in [-0.4, -0.2) is 50.1 Å². The van der Waals surface area contributed by atoms with Gasteiger partial charge in [0.2, 0.25) is 0 Å². The number of carbonyl (C=O) groups excluding carboxylic acids is 2. The minimum Gasteiger partial charge on any atom is -0.465 e. The molecule has 88 valence electrons. The largest absolute Gasteiger partial charge is 0.465 e. The number of hydrogen-bond acceptors (Lipinski definition) is 4. The number of amides is 1. The summed E-state index contributed by atoms with van der Waals surface area (Å²) in [5, 5.41) is 2.87. The Hall–Kier alpha value is -1.36. The van der Waals surface area contributed by atoms with Gasteiger partial charge in [0, 0.05) is 18.5 Å². The van der Waals surface area contributed by atoms with Crippen LogP contribution in [0.3, 0.4) is 0 Å². The maximum Gasteiger partial charge on any atom is 0.343 e. The number of likely N-dealkylation sites (tertiary alicyclic amines) is 1. The van der Waals surface area contributed by atoms with E-state index in [0.717, 1.165) is 19.5 Å². The highest BCUT2D eigenvalue weighted by Crippen LogP contribution is 2.23. The maximum atomic E-state index is 11.6. The van der Waals surface area contributed by atoms with Gasteiger partial charge in [0.25, 0.3) is 5.91 Å². The van der Waals surface area contributed by atoms with Crippen molar-refractivity contribution in [2.75, 3.05) is 27.2 Å². The molecule has 2 aliphatic heterocycles. The molecule has 0 saturated carbocycles. The minimum atomic E-state index is -0.552. The van der Waals surface area contributed by atoms with Crippen LogP contribution in [0.25, 0.3) is 0 Å². The molecule has 0 spiro atoms. The van der Waals surface area contributed by atoms with E-state index < -0.39 is 5.97 Å². The van der Waals surface area contributed by atoms with E-state index in [0.29, 0.717) is 0 Å². The van der Waals surface area contributed by atoms with E-state index in [1.807, 2.05) is 7.05 Å². The van der Waals surface area contributed by atoms with Crippen molar-refractivity contribution in [1.82, 2.24) is 10.2 Å². The summed E-state index contributed by atoms with van der Waals surface area (Å²) in [4.78, 5) is 25.2. The van der Waals surface area contributed by atoms with Crippen molar-refractivity contribution in [3.05, 3.63) is 11.6 Å². The zero-order valence-electron chi connectivity index (χ0n) is 9.53. The average Bonchev–Trinajstić information content (AvgIpc) is 2.28. The highest BCUT2D eigenvalue weighted by molar-refractivity contribution is 6.16. The highest BCUT2D eigenvalue weighted by Gasteiger charge is 2.35. The number of carbonyl (C=O) groups is 2. The van der Waals surface area contributed by atoms with Crippen molar-refractivity contribution in [2.45, 2.75) is 12.5 Å². The summed E-state index contributed by atoms with van der Waals surface area (Å²) >= 11 is 0. The fourth-order valence-corrected chi connectivity index (χ4v) is 2.31. The van der Waals surface area contributed by atoms with Crippen molar-refractivity contribution in [3.63, 3.8) is 0 Å². The Balaban J connectivity index is 2.20. The maximum absolute atomic E-state index is 11.6. The van der Waals surface area contributed by atoms with Crippen LogP contribution in [-0.2, 0) is 14.3 Å². The van der Waals surface area contributed by atoms with Crippen molar-refractivity contribution >= 4 is 11.9 Å². The molecule has 0 bridgehead atoms. The number of nitrogens with zero attached hydrogens (tertiary/aromatic N) is 1. The molecule has 0 aliphatic carbocycles. The number of fused-ring (bicyclic) bond motifs is 1. The number of piperidine rings is 1. The van der Waals surface area contributed by atoms with E-state index >= 15 is 0 Å². The van der Waals surface area contributed by atoms with Crippen molar-refractivity contribution in [3.8, 4) is 0 Å². The number of esters is 1. The van der Waals surface area contributed by atoms with Crippen LogP contribution in [0.4, 0.5) is 0 Å². The molecular formula is C11H16N2O3. The first-order valence-corrected chi connectivity index (χ1v) is 5.41. The molecule has 5 nitrogen and oxygen atoms in total. The van der Waals surface area contributed by atoms with Gasteiger partial charge in [0.15, 0.2) is 0 Å². The summed E-state index contributed by atoms with van der Waals surface area (Å²) in [6, 6.07) is 0.164. The van der Waals surface area contributed by atoms with Gasteiger partial charge in [0.05, 0.1) is 7.11 Å². The Kier molecular flexibility index (Phi) is 2.96. The molecule has 1 N–H and O–H groups in total. The molecule has 2 rings (SSSR count). The van der Waals surface area contributed by atoms with Crippen LogP contribution in [0.1, 0.15) is 6.42 Å². The van der Waals surface area contributed by atoms with Crippen LogP contribution in [0.15, 0.2) is 11.6 Å². The predicted molar refractivity (Wildman–Crippen MR) is 57.6 cm³/mol. The van der Waals surface area contributed by atoms with Gasteiger partial charge in [-0.05, 0) is 20.0 Å². The topological polar surface area (TPSA) is 58.6 Å². The van der Waals surface area contributed by atoms with Crippen molar-refractivity contribution in [2.24, 2.45) is 5.92 Å². The lowest BCUT2D eigenvalue weighted by Crippen LogP contribution is -2.53. The van der Waals surface area contributed by atoms with Gasteiger partial charge in [-0.15, -0.1) is 0 Å². The van der Waals surface area contributed by atoms with E-state index in [1.165, 1.54) is 7.11 Å². The van der Waals surface area contributed by atoms with Gasteiger partial charge in [-0.2, -0.15) is 0 Å². The van der Waals surface area contributed by atoms with E-state index in [2.05, 4.69) is 15.0 Å². The number of hydrogen-bond donors (Lipinski definition) is 1. The summed E-state index contributed by atoms with van der Waals surface area (Å²) < 4.78 is 4.59. The van der Waals surface area contributed by atoms with Crippen LogP contribution in [0.2, 0.25) is 0 Å². The first-order valence-electron chi connectivity index (χ1n) is 5.41. The molecule has 0 unspecified atom stereocenters. The summed E-state index contributed by atoms with van der Waals surface area (Å²) in [5.41, 5.74) is 0.138. The molecule has 5 heteroatoms. The Labute approximate surface area is 94.4 Å². The molecule has 2 atom stereocenters. The van der Waals surface area contributed by atoms with Gasteiger partial charge in [-0.25, -0.2) is 4.79 Å². The fourth-order valence-electron chi connectivity index (χ4n) is 2.31. The summed E-state index contributed by atoms with van der Waals surface area (Å²) in [6.45, 7) is 1.84. The first-order chi connectivity index (χ1) is 7.61. The zero-order valence-corrected chi connectivity index (χ0v) is 9.53. The first kappa shape index (κ1) is 11.1. The van der Waals surface area contributed by atoms with Gasteiger partial charge in [0.1, 0.15) is 5.57 Å². The molecular weight excluding hydrogens is 208 g/mol. The fraction of sp³-hybridized carbons (Fsp3) is 0.636. The quantitative estimate of drug-likeness (QED) is 0.483. The average molecular weight is 224 g/mol. The Morgan fingerprint density at radius 3 is 3.06 bits per heavy atom. The highest BCUT2D eigenvalue weighted by atomic mass is 16.5. The van der Waals surface area contributed by atoms with E-state index in [9.17, 15) is 9.59 Å². The van der Waals surface area contributed by atoms with E-state index in [4.69, 9.17) is 0 Å². The molecule has 1 amide bonds. The zero-order chi connectivity index (χ0) is 11.7. The Morgan fingerprint density at radius 2 is 2.38 bits per heavy atom. The monoisotopic (exact) mass is 224 g/mol. The minimum absolute atomic E-state index is 0.138. The smallest absolute Gasteiger partial charge is 0.343 e. The van der Waals surface area contributed by atoms with E-state index in [1.54, 1.807) is 6.08 Å². The van der Waals surface area contributed by atoms with Gasteiger partial charge >= 0.3 is 5.97 Å². The molecule has 0 radical (unpaired) electrons. The van der Waals surface area contributed by atoms with Gasteiger partial charge < -0.3 is 15.0 Å². The van der Waals surface area contributed by atoms with E-state index in [-0.39, 0.29) is 23.4 Å². The van der Waals surface area contributed by atoms with Gasteiger partial charge in [-0.1, -0.05) is 6.08 Å². The third-order valence-corrected chi connectivity index (χ3v) is 3.21. The summed E-state index contributed by atoms with van der Waals surface area (Å²) in [5.74, 6) is -0.646. The van der Waals surface area contributed by atoms with Crippen LogP contribution in [0, 0.1) is 5.92 Å². The predicted octanol–water partition coefficient (Wildman–Crippen LogP) is -0.464. The van der Waals surface area contributed by atoms with Crippen LogP contribution < -0.4 is 5.32 Å². The normalized spacial score (nSPS) is 30.1. The molecule has 0 aromatic heterocycles. The molecule has 1 saturated heterocycles. The molecule has 0 aromatic rings. The second-order valence-electron chi connectivity index (χ2n) is 4.37. The molecule has 2 aliphatic rings. The number of ether oxygens (including phenoxy) is 1. The van der Waals surface area contributed by atoms with Crippen LogP contribution >= 0.6 is 0 Å². The third kappa shape index (κ3) is 1.95. The number of nitrogens with one attached hydrogen (secondary N) is 1. The lowest BCUT2D eigenvalue weighted by atomic mass is 9.87. The molecule has 16 heavy (non-hydrogen) atoms. The molecule has 2 heterocycles. The summed E-state index contributed by atoms with van der Waals surface area (Å²) in [7, 11) is 3.33. The second kappa shape index (κ2) is 4.25. The lowest BCUT2D eigenvalue weighted by molar-refractivity contribution is -0.138. The standard InChI is InChI=1S/C11H16N2O3/c1-13-4-3-9-7(6-13)5-8(10(14)12-9)11(15)16-2/h5,7,9H,3-4,6H2,1-2H3,(H,12,14)/t7-,9+/m1/s1. The number of rotatable bonds is 1. The Morgan fingerprint density at radius 1 is 1.62 bits per heavy atom. The lowest BCUT2D eigenvalue weighted by Gasteiger charge is -2.38. The Bertz CT molecular complexity index is 351. The third-order valence-electron chi connectivity index (χ3n) is 3.21. The molecule has 0 aromatic carbocycles. The number of methoxy groups -OCH3 is 1. The van der Waals surface area contributed by atoms with Gasteiger partial charge in [-0.3, -0.25) is 4.79 Å². The summed E-state index contributed by atoms with van der Waals surface area (Å²) in [6.07, 6.45) is 2.68. The molecule has 1 fully saturated rings. The van der Waals surface area contributed by atoms with Crippen molar-refractivity contribution in [1.29, 1.82) is 0 Å².